The molecule has 0 aromatic heterocycles. The molecule has 3 amide bonds. The molecule has 0 saturated heterocycles. The van der Waals surface area contributed by atoms with Gasteiger partial charge in [-0.05, 0) is 54.4 Å². The zero-order chi connectivity index (χ0) is 30.9. The first-order chi connectivity index (χ1) is 19.9. The van der Waals surface area contributed by atoms with Crippen molar-refractivity contribution in [2.75, 3.05) is 22.9 Å². The third-order valence-corrected chi connectivity index (χ3v) is 8.20. The zero-order valence-electron chi connectivity index (χ0n) is 23.1. The molecule has 1 atom stereocenters. The fourth-order valence-electron chi connectivity index (χ4n) is 3.77. The summed E-state index contributed by atoms with van der Waals surface area (Å²) in [4.78, 5) is 48.2. The van der Waals surface area contributed by atoms with Gasteiger partial charge >= 0.3 is 0 Å². The predicted octanol–water partition coefficient (Wildman–Crippen LogP) is 4.02. The van der Waals surface area contributed by atoms with Crippen molar-refractivity contribution in [2.45, 2.75) is 36.6 Å². The van der Waals surface area contributed by atoms with Crippen molar-refractivity contribution in [1.82, 2.24) is 10.0 Å². The van der Waals surface area contributed by atoms with Gasteiger partial charge in [0.2, 0.25) is 11.8 Å². The Balaban J connectivity index is 1.65. The Kier molecular flexibility index (Phi) is 11.0. The molecule has 0 spiro atoms. The Bertz CT molecular complexity index is 1550. The van der Waals surface area contributed by atoms with Crippen LogP contribution in [-0.2, 0) is 19.6 Å². The lowest BCUT2D eigenvalue weighted by Crippen LogP contribution is -2.46. The number of sulfonamides is 1. The maximum atomic E-state index is 12.9. The summed E-state index contributed by atoms with van der Waals surface area (Å²) in [5.74, 6) is -1.33. The minimum atomic E-state index is -4.45. The van der Waals surface area contributed by atoms with Crippen LogP contribution >= 0.6 is 11.8 Å². The van der Waals surface area contributed by atoms with Gasteiger partial charge in [0.25, 0.3) is 21.6 Å². The molecule has 0 aliphatic rings. The van der Waals surface area contributed by atoms with Crippen LogP contribution in [0.25, 0.3) is 0 Å². The number of hydrogen-bond donors (Lipinski definition) is 4. The first-order valence-electron chi connectivity index (χ1n) is 12.8. The van der Waals surface area contributed by atoms with E-state index in [1.807, 2.05) is 35.1 Å². The number of carbonyl (C=O) groups excluding carboxylic acids is 3. The van der Waals surface area contributed by atoms with E-state index in [0.29, 0.717) is 18.0 Å². The number of rotatable bonds is 13. The average molecular weight is 614 g/mol. The maximum absolute atomic E-state index is 12.9. The van der Waals surface area contributed by atoms with E-state index in [1.54, 1.807) is 25.6 Å². The van der Waals surface area contributed by atoms with E-state index in [1.165, 1.54) is 43.3 Å². The molecule has 3 aromatic rings. The summed E-state index contributed by atoms with van der Waals surface area (Å²) in [5.41, 5.74) is 0.00251. The number of carbonyl (C=O) groups is 3. The van der Waals surface area contributed by atoms with E-state index in [9.17, 15) is 32.9 Å². The highest BCUT2D eigenvalue weighted by Gasteiger charge is 2.25. The van der Waals surface area contributed by atoms with Crippen molar-refractivity contribution in [3.63, 3.8) is 0 Å². The summed E-state index contributed by atoms with van der Waals surface area (Å²) < 4.78 is 27.7. The Labute approximate surface area is 247 Å². The molecule has 0 bridgehead atoms. The van der Waals surface area contributed by atoms with E-state index in [0.717, 1.165) is 11.0 Å². The Morgan fingerprint density at radius 1 is 0.976 bits per heavy atom. The molecule has 0 aliphatic carbocycles. The van der Waals surface area contributed by atoms with Gasteiger partial charge in [-0.25, -0.2) is 13.1 Å². The van der Waals surface area contributed by atoms with Crippen molar-refractivity contribution < 1.29 is 27.7 Å². The topological polar surface area (TPSA) is 177 Å². The Hall–Kier alpha value is -4.43. The van der Waals surface area contributed by atoms with Crippen molar-refractivity contribution in [1.29, 1.82) is 0 Å². The van der Waals surface area contributed by atoms with E-state index in [-0.39, 0.29) is 23.1 Å². The van der Waals surface area contributed by atoms with Crippen LogP contribution in [0, 0.1) is 16.0 Å². The van der Waals surface area contributed by atoms with Crippen LogP contribution in [-0.4, -0.2) is 49.4 Å². The standard InChI is InChI=1S/C28H31N5O7S2/c1-18(2)26(30-19(3)34)28(36)31-21-11-9-20(10-12-21)27(35)32-42(39,40)23-13-14-24(25(17-23)33(37)38)29-15-16-41-22-7-5-4-6-8-22/h4-14,17-18,26,29H,15-16H2,1-3H3,(H,30,34)(H,31,36)(H,32,35)/t26-/m0/s1. The number of thioether (sulfide) groups is 1. The molecule has 14 heteroatoms. The first kappa shape index (κ1) is 32.1. The minimum absolute atomic E-state index is 0.0254. The number of nitro groups is 1. The summed E-state index contributed by atoms with van der Waals surface area (Å²) in [6.07, 6.45) is 0. The van der Waals surface area contributed by atoms with E-state index >= 15 is 0 Å². The molecule has 4 N–H and O–H groups in total. The normalized spacial score (nSPS) is 11.8. The smallest absolute Gasteiger partial charge is 0.293 e. The molecule has 0 radical (unpaired) electrons. The third kappa shape index (κ3) is 9.04. The molecule has 3 rings (SSSR count). The highest BCUT2D eigenvalue weighted by atomic mass is 32.2. The van der Waals surface area contributed by atoms with Crippen LogP contribution in [0.1, 0.15) is 31.1 Å². The lowest BCUT2D eigenvalue weighted by Gasteiger charge is -2.21. The summed E-state index contributed by atoms with van der Waals surface area (Å²) in [5, 5.41) is 19.8. The fourth-order valence-corrected chi connectivity index (χ4v) is 5.55. The van der Waals surface area contributed by atoms with Crippen molar-refractivity contribution in [3.05, 3.63) is 88.5 Å². The van der Waals surface area contributed by atoms with Gasteiger partial charge in [-0.2, -0.15) is 0 Å². The lowest BCUT2D eigenvalue weighted by atomic mass is 10.0. The number of nitrogens with zero attached hydrogens (tertiary/aromatic N) is 1. The molecule has 0 unspecified atom stereocenters. The zero-order valence-corrected chi connectivity index (χ0v) is 24.8. The number of anilines is 2. The molecule has 0 heterocycles. The molecule has 3 aromatic carbocycles. The Morgan fingerprint density at radius 2 is 1.64 bits per heavy atom. The Morgan fingerprint density at radius 3 is 2.24 bits per heavy atom. The summed E-state index contributed by atoms with van der Waals surface area (Å²) in [7, 11) is -4.45. The van der Waals surface area contributed by atoms with Gasteiger partial charge in [0.15, 0.2) is 0 Å². The average Bonchev–Trinajstić information content (AvgIpc) is 2.94. The quantitative estimate of drug-likeness (QED) is 0.0960. The van der Waals surface area contributed by atoms with Crippen LogP contribution < -0.4 is 20.7 Å². The lowest BCUT2D eigenvalue weighted by molar-refractivity contribution is -0.384. The van der Waals surface area contributed by atoms with Crippen LogP contribution in [0.3, 0.4) is 0 Å². The molecule has 42 heavy (non-hydrogen) atoms. The number of benzene rings is 3. The number of hydrogen-bond acceptors (Lipinski definition) is 9. The molecule has 0 saturated carbocycles. The van der Waals surface area contributed by atoms with E-state index < -0.39 is 43.4 Å². The van der Waals surface area contributed by atoms with Gasteiger partial charge in [-0.3, -0.25) is 24.5 Å². The summed E-state index contributed by atoms with van der Waals surface area (Å²) in [6, 6.07) is 17.6. The van der Waals surface area contributed by atoms with Crippen molar-refractivity contribution in [3.8, 4) is 0 Å². The minimum Gasteiger partial charge on any atom is -0.379 e. The highest BCUT2D eigenvalue weighted by molar-refractivity contribution is 7.99. The highest BCUT2D eigenvalue weighted by Crippen LogP contribution is 2.28. The largest absolute Gasteiger partial charge is 0.379 e. The molecular weight excluding hydrogens is 582 g/mol. The number of amides is 3. The molecule has 0 fully saturated rings. The van der Waals surface area contributed by atoms with E-state index in [4.69, 9.17) is 0 Å². The molecule has 222 valence electrons. The third-order valence-electron chi connectivity index (χ3n) is 5.86. The summed E-state index contributed by atoms with van der Waals surface area (Å²) in [6.45, 7) is 5.25. The number of nitrogens with one attached hydrogen (secondary N) is 4. The van der Waals surface area contributed by atoms with Crippen molar-refractivity contribution in [2.24, 2.45) is 5.92 Å². The second-order valence-corrected chi connectivity index (χ2v) is 12.3. The van der Waals surface area contributed by atoms with Crippen LogP contribution in [0.15, 0.2) is 82.6 Å². The van der Waals surface area contributed by atoms with Gasteiger partial charge < -0.3 is 16.0 Å². The number of nitro benzene ring substituents is 1. The van der Waals surface area contributed by atoms with Gasteiger partial charge in [0, 0.05) is 41.4 Å². The summed E-state index contributed by atoms with van der Waals surface area (Å²) >= 11 is 1.56. The molecule has 12 nitrogen and oxygen atoms in total. The van der Waals surface area contributed by atoms with Crippen LogP contribution in [0.5, 0.6) is 0 Å². The monoisotopic (exact) mass is 613 g/mol. The molecule has 0 aliphatic heterocycles. The fraction of sp³-hybridized carbons (Fsp3) is 0.250. The van der Waals surface area contributed by atoms with Gasteiger partial charge in [0.1, 0.15) is 11.7 Å². The molecular formula is C28H31N5O7S2. The predicted molar refractivity (Wildman–Crippen MR) is 161 cm³/mol. The second-order valence-electron chi connectivity index (χ2n) is 9.45. The SMILES string of the molecule is CC(=O)N[C@H](C(=O)Nc1ccc(C(=O)NS(=O)(=O)c2ccc(NCCSc3ccccc3)c([N+](=O)[O-])c2)cc1)C(C)C. The van der Waals surface area contributed by atoms with Crippen LogP contribution in [0.4, 0.5) is 17.1 Å². The maximum Gasteiger partial charge on any atom is 0.293 e. The van der Waals surface area contributed by atoms with Crippen LogP contribution in [0.2, 0.25) is 0 Å². The van der Waals surface area contributed by atoms with Gasteiger partial charge in [-0.1, -0.05) is 32.0 Å². The van der Waals surface area contributed by atoms with E-state index in [2.05, 4.69) is 16.0 Å². The van der Waals surface area contributed by atoms with Gasteiger partial charge in [0.05, 0.1) is 9.82 Å². The second kappa shape index (κ2) is 14.5. The van der Waals surface area contributed by atoms with Crippen molar-refractivity contribution >= 4 is 56.6 Å². The first-order valence-corrected chi connectivity index (χ1v) is 15.3. The van der Waals surface area contributed by atoms with Gasteiger partial charge in [-0.15, -0.1) is 11.8 Å².